The number of benzene rings is 1. The third-order valence-electron chi connectivity index (χ3n) is 3.81. The number of imidazole rings is 1. The summed E-state index contributed by atoms with van der Waals surface area (Å²) in [5.41, 5.74) is 3.66. The average Bonchev–Trinajstić information content (AvgIpc) is 2.91. The second-order valence-corrected chi connectivity index (χ2v) is 5.47. The van der Waals surface area contributed by atoms with Gasteiger partial charge in [-0.25, -0.2) is 4.98 Å². The van der Waals surface area contributed by atoms with Gasteiger partial charge in [-0.05, 0) is 25.5 Å². The fraction of sp³-hybridized carbons (Fsp3) is 0.500. The lowest BCUT2D eigenvalue weighted by Gasteiger charge is -2.24. The van der Waals surface area contributed by atoms with Gasteiger partial charge in [0.2, 0.25) is 0 Å². The van der Waals surface area contributed by atoms with Gasteiger partial charge in [-0.3, -0.25) is 4.79 Å². The molecule has 0 saturated heterocycles. The van der Waals surface area contributed by atoms with Crippen LogP contribution in [0.3, 0.4) is 0 Å². The van der Waals surface area contributed by atoms with Crippen molar-refractivity contribution in [2.45, 2.75) is 26.2 Å². The molecule has 1 aromatic heterocycles. The lowest BCUT2D eigenvalue weighted by molar-refractivity contribution is -0.137. The van der Waals surface area contributed by atoms with Crippen LogP contribution in [0.4, 0.5) is 5.69 Å². The van der Waals surface area contributed by atoms with Gasteiger partial charge in [0.25, 0.3) is 0 Å². The van der Waals surface area contributed by atoms with Crippen LogP contribution in [-0.2, 0) is 11.2 Å². The number of aromatic amines is 1. The van der Waals surface area contributed by atoms with E-state index in [4.69, 9.17) is 5.11 Å². The second-order valence-electron chi connectivity index (χ2n) is 5.47. The third kappa shape index (κ3) is 4.20. The van der Waals surface area contributed by atoms with Crippen molar-refractivity contribution in [3.8, 4) is 0 Å². The first-order valence-corrected chi connectivity index (χ1v) is 7.73. The molecule has 0 aliphatic carbocycles. The summed E-state index contributed by atoms with van der Waals surface area (Å²) < 4.78 is 0. The Morgan fingerprint density at radius 3 is 2.57 bits per heavy atom. The Balaban J connectivity index is 2.25. The lowest BCUT2D eigenvalue weighted by Crippen LogP contribution is -2.30. The average molecular weight is 321 g/mol. The number of fused-ring (bicyclic) bond motifs is 1. The first kappa shape index (κ1) is 17.2. The number of anilines is 1. The molecule has 7 nitrogen and oxygen atoms in total. The van der Waals surface area contributed by atoms with Crippen molar-refractivity contribution in [2.24, 2.45) is 0 Å². The fourth-order valence-corrected chi connectivity index (χ4v) is 2.71. The molecule has 0 radical (unpaired) electrons. The van der Waals surface area contributed by atoms with Gasteiger partial charge in [0.1, 0.15) is 5.82 Å². The quantitative estimate of drug-likeness (QED) is 0.550. The molecular formula is C16H23N3O4. The molecular weight excluding hydrogens is 298 g/mol. The first-order valence-electron chi connectivity index (χ1n) is 7.73. The van der Waals surface area contributed by atoms with Gasteiger partial charge in [0.15, 0.2) is 0 Å². The molecule has 0 fully saturated rings. The Hall–Kier alpha value is -2.12. The van der Waals surface area contributed by atoms with Crippen LogP contribution in [0.2, 0.25) is 0 Å². The molecule has 7 heteroatoms. The summed E-state index contributed by atoms with van der Waals surface area (Å²) in [4.78, 5) is 20.3. The van der Waals surface area contributed by atoms with Crippen molar-refractivity contribution in [1.29, 1.82) is 0 Å². The molecule has 4 N–H and O–H groups in total. The number of carboxylic acid groups (broad SMARTS) is 1. The molecule has 0 unspecified atom stereocenters. The molecule has 0 spiro atoms. The molecule has 0 aliphatic rings. The van der Waals surface area contributed by atoms with E-state index in [1.165, 1.54) is 0 Å². The number of H-pyrrole nitrogens is 1. The number of carbonyl (C=O) groups is 1. The van der Waals surface area contributed by atoms with E-state index >= 15 is 0 Å². The normalized spacial score (nSPS) is 11.1. The maximum Gasteiger partial charge on any atom is 0.303 e. The van der Waals surface area contributed by atoms with Gasteiger partial charge in [-0.2, -0.15) is 0 Å². The SMILES string of the molecule is Cc1c(N(CCO)CCO)ccc2[nH]c(CCCC(=O)O)nc12. The lowest BCUT2D eigenvalue weighted by atomic mass is 10.1. The van der Waals surface area contributed by atoms with E-state index < -0.39 is 5.97 Å². The summed E-state index contributed by atoms with van der Waals surface area (Å²) in [6.45, 7) is 2.88. The van der Waals surface area contributed by atoms with E-state index in [0.29, 0.717) is 25.9 Å². The smallest absolute Gasteiger partial charge is 0.303 e. The zero-order valence-corrected chi connectivity index (χ0v) is 13.2. The highest BCUT2D eigenvalue weighted by atomic mass is 16.4. The number of carboxylic acids is 1. The predicted molar refractivity (Wildman–Crippen MR) is 87.8 cm³/mol. The standard InChI is InChI=1S/C16H23N3O4/c1-11-13(19(7-9-20)8-10-21)6-5-12-16(11)18-14(17-12)3-2-4-15(22)23/h5-6,20-21H,2-4,7-10H2,1H3,(H,17,18)(H,22,23). The predicted octanol–water partition coefficient (Wildman–Crippen LogP) is 1.07. The minimum atomic E-state index is -0.803. The van der Waals surface area contributed by atoms with Crippen LogP contribution in [0.15, 0.2) is 12.1 Å². The first-order chi connectivity index (χ1) is 11.1. The molecule has 0 bridgehead atoms. The summed E-state index contributed by atoms with van der Waals surface area (Å²) in [5.74, 6) is -0.0272. The van der Waals surface area contributed by atoms with E-state index in [-0.39, 0.29) is 19.6 Å². The van der Waals surface area contributed by atoms with Crippen LogP contribution in [0.25, 0.3) is 11.0 Å². The van der Waals surface area contributed by atoms with Crippen LogP contribution in [0.1, 0.15) is 24.2 Å². The van der Waals surface area contributed by atoms with Crippen molar-refractivity contribution >= 4 is 22.7 Å². The summed E-state index contributed by atoms with van der Waals surface area (Å²) in [6.07, 6.45) is 1.26. The molecule has 1 heterocycles. The molecule has 0 saturated carbocycles. The summed E-state index contributed by atoms with van der Waals surface area (Å²) in [5, 5.41) is 27.1. The van der Waals surface area contributed by atoms with Gasteiger partial charge < -0.3 is 25.2 Å². The van der Waals surface area contributed by atoms with Gasteiger partial charge in [0.05, 0.1) is 24.2 Å². The molecule has 23 heavy (non-hydrogen) atoms. The number of rotatable bonds is 9. The largest absolute Gasteiger partial charge is 0.481 e. The van der Waals surface area contributed by atoms with Crippen LogP contribution in [0.5, 0.6) is 0 Å². The Labute approximate surface area is 134 Å². The van der Waals surface area contributed by atoms with E-state index in [9.17, 15) is 15.0 Å². The van der Waals surface area contributed by atoms with Crippen LogP contribution < -0.4 is 4.90 Å². The minimum Gasteiger partial charge on any atom is -0.481 e. The fourth-order valence-electron chi connectivity index (χ4n) is 2.71. The number of aliphatic carboxylic acids is 1. The highest BCUT2D eigenvalue weighted by Crippen LogP contribution is 2.27. The third-order valence-corrected chi connectivity index (χ3v) is 3.81. The molecule has 0 aliphatic heterocycles. The summed E-state index contributed by atoms with van der Waals surface area (Å²) >= 11 is 0. The number of aliphatic hydroxyl groups is 2. The number of hydrogen-bond acceptors (Lipinski definition) is 5. The van der Waals surface area contributed by atoms with Crippen LogP contribution >= 0.6 is 0 Å². The van der Waals surface area contributed by atoms with E-state index in [0.717, 1.165) is 28.1 Å². The summed E-state index contributed by atoms with van der Waals surface area (Å²) in [7, 11) is 0. The van der Waals surface area contributed by atoms with Gasteiger partial charge in [-0.15, -0.1) is 0 Å². The minimum absolute atomic E-state index is 0.0124. The molecule has 1 aromatic carbocycles. The molecule has 2 aromatic rings. The Kier molecular flexibility index (Phi) is 5.95. The van der Waals surface area contributed by atoms with Crippen LogP contribution in [-0.4, -0.2) is 57.6 Å². The number of nitrogens with zero attached hydrogens (tertiary/aromatic N) is 2. The number of nitrogens with one attached hydrogen (secondary N) is 1. The zero-order chi connectivity index (χ0) is 16.8. The van der Waals surface area contributed by atoms with E-state index in [1.54, 1.807) is 0 Å². The Bertz CT molecular complexity index is 663. The zero-order valence-electron chi connectivity index (χ0n) is 13.2. The highest BCUT2D eigenvalue weighted by molar-refractivity contribution is 5.84. The van der Waals surface area contributed by atoms with Crippen molar-refractivity contribution in [3.63, 3.8) is 0 Å². The molecule has 126 valence electrons. The van der Waals surface area contributed by atoms with Crippen molar-refractivity contribution in [1.82, 2.24) is 9.97 Å². The Morgan fingerprint density at radius 2 is 1.96 bits per heavy atom. The Morgan fingerprint density at radius 1 is 1.26 bits per heavy atom. The number of aryl methyl sites for hydroxylation is 2. The number of aromatic nitrogens is 2. The van der Waals surface area contributed by atoms with Crippen molar-refractivity contribution in [2.75, 3.05) is 31.2 Å². The second kappa shape index (κ2) is 7.94. The van der Waals surface area contributed by atoms with Gasteiger partial charge in [0, 0.05) is 37.2 Å². The molecule has 2 rings (SSSR count). The van der Waals surface area contributed by atoms with Gasteiger partial charge in [-0.1, -0.05) is 0 Å². The van der Waals surface area contributed by atoms with Crippen LogP contribution in [0, 0.1) is 6.92 Å². The topological polar surface area (TPSA) is 110 Å². The number of hydrogen-bond donors (Lipinski definition) is 4. The highest BCUT2D eigenvalue weighted by Gasteiger charge is 2.13. The molecule has 0 amide bonds. The van der Waals surface area contributed by atoms with E-state index in [1.807, 2.05) is 24.0 Å². The maximum atomic E-state index is 10.6. The summed E-state index contributed by atoms with van der Waals surface area (Å²) in [6, 6.07) is 3.87. The van der Waals surface area contributed by atoms with Gasteiger partial charge >= 0.3 is 5.97 Å². The van der Waals surface area contributed by atoms with Crippen molar-refractivity contribution in [3.05, 3.63) is 23.5 Å². The monoisotopic (exact) mass is 321 g/mol. The number of aliphatic hydroxyl groups excluding tert-OH is 2. The van der Waals surface area contributed by atoms with Crippen molar-refractivity contribution < 1.29 is 20.1 Å². The maximum absolute atomic E-state index is 10.6. The van der Waals surface area contributed by atoms with E-state index in [2.05, 4.69) is 9.97 Å². The molecule has 0 atom stereocenters.